The van der Waals surface area contributed by atoms with Gasteiger partial charge in [0.2, 0.25) is 11.9 Å². The SMILES string of the molecule is CC(C)CC(NC(=O)N1CCn2c1nc1ccccc12)C(=O)NCc1cccs1. The number of aromatic nitrogens is 2. The maximum atomic E-state index is 13.0. The molecule has 0 saturated heterocycles. The number of benzene rings is 1. The molecule has 3 aromatic rings. The van der Waals surface area contributed by atoms with Gasteiger partial charge in [-0.1, -0.05) is 32.0 Å². The highest BCUT2D eigenvalue weighted by Crippen LogP contribution is 2.27. The average Bonchev–Trinajstić information content (AvgIpc) is 3.41. The lowest BCUT2D eigenvalue weighted by Crippen LogP contribution is -2.51. The number of imidazole rings is 1. The number of thiophene rings is 1. The van der Waals surface area contributed by atoms with Crippen molar-refractivity contribution in [3.63, 3.8) is 0 Å². The maximum absolute atomic E-state index is 13.0. The standard InChI is InChI=1S/C21H25N5O2S/c1-14(2)12-17(19(27)22-13-15-6-5-11-29-15)24-21(28)26-10-9-25-18-8-4-3-7-16(18)23-20(25)26/h3-8,11,14,17H,9-10,12-13H2,1-2H3,(H,22,27)(H,24,28). The van der Waals surface area contributed by atoms with Crippen LogP contribution in [0.1, 0.15) is 25.1 Å². The molecule has 0 aliphatic carbocycles. The van der Waals surface area contributed by atoms with Gasteiger partial charge in [0.15, 0.2) is 0 Å². The molecule has 2 N–H and O–H groups in total. The summed E-state index contributed by atoms with van der Waals surface area (Å²) in [7, 11) is 0. The number of carbonyl (C=O) groups excluding carboxylic acids is 2. The molecule has 0 spiro atoms. The first kappa shape index (κ1) is 19.4. The van der Waals surface area contributed by atoms with Crippen LogP contribution >= 0.6 is 11.3 Å². The van der Waals surface area contributed by atoms with Crippen molar-refractivity contribution < 1.29 is 9.59 Å². The highest BCUT2D eigenvalue weighted by Gasteiger charge is 2.31. The zero-order valence-corrected chi connectivity index (χ0v) is 17.4. The Bertz CT molecular complexity index is 1010. The molecule has 0 fully saturated rings. The summed E-state index contributed by atoms with van der Waals surface area (Å²) in [5.74, 6) is 0.745. The predicted molar refractivity (Wildman–Crippen MR) is 115 cm³/mol. The number of hydrogen-bond acceptors (Lipinski definition) is 4. The van der Waals surface area contributed by atoms with E-state index < -0.39 is 6.04 Å². The highest BCUT2D eigenvalue weighted by molar-refractivity contribution is 7.09. The van der Waals surface area contributed by atoms with Crippen molar-refractivity contribution in [1.29, 1.82) is 0 Å². The maximum Gasteiger partial charge on any atom is 0.324 e. The Morgan fingerprint density at radius 2 is 2.00 bits per heavy atom. The summed E-state index contributed by atoms with van der Waals surface area (Å²) in [6.07, 6.45) is 0.576. The monoisotopic (exact) mass is 411 g/mol. The Kier molecular flexibility index (Phi) is 5.53. The molecule has 3 heterocycles. The van der Waals surface area contributed by atoms with E-state index in [2.05, 4.69) is 15.6 Å². The van der Waals surface area contributed by atoms with Crippen LogP contribution < -0.4 is 15.5 Å². The van der Waals surface area contributed by atoms with Crippen molar-refractivity contribution >= 4 is 40.3 Å². The summed E-state index contributed by atoms with van der Waals surface area (Å²) in [4.78, 5) is 33.1. The summed E-state index contributed by atoms with van der Waals surface area (Å²) >= 11 is 1.60. The van der Waals surface area contributed by atoms with Gasteiger partial charge < -0.3 is 15.2 Å². The summed E-state index contributed by atoms with van der Waals surface area (Å²) in [5.41, 5.74) is 1.89. The van der Waals surface area contributed by atoms with E-state index in [-0.39, 0.29) is 17.9 Å². The molecule has 4 rings (SSSR count). The molecule has 0 bridgehead atoms. The predicted octanol–water partition coefficient (Wildman–Crippen LogP) is 3.36. The number of para-hydroxylation sites is 2. The third-order valence-electron chi connectivity index (χ3n) is 5.01. The van der Waals surface area contributed by atoms with Crippen molar-refractivity contribution in [2.24, 2.45) is 5.92 Å². The van der Waals surface area contributed by atoms with Crippen molar-refractivity contribution in [3.05, 3.63) is 46.7 Å². The van der Waals surface area contributed by atoms with Crippen LogP contribution in [0.25, 0.3) is 11.0 Å². The molecule has 1 aliphatic rings. The molecular weight excluding hydrogens is 386 g/mol. The van der Waals surface area contributed by atoms with Crippen LogP contribution in [-0.2, 0) is 17.9 Å². The van der Waals surface area contributed by atoms with E-state index in [1.807, 2.05) is 60.2 Å². The van der Waals surface area contributed by atoms with Gasteiger partial charge >= 0.3 is 6.03 Å². The van der Waals surface area contributed by atoms with Crippen LogP contribution in [0.5, 0.6) is 0 Å². The molecule has 1 atom stereocenters. The fourth-order valence-electron chi connectivity index (χ4n) is 3.62. The van der Waals surface area contributed by atoms with Crippen molar-refractivity contribution in [2.45, 2.75) is 39.4 Å². The largest absolute Gasteiger partial charge is 0.349 e. The Morgan fingerprint density at radius 1 is 1.17 bits per heavy atom. The molecule has 0 radical (unpaired) electrons. The molecule has 1 unspecified atom stereocenters. The van der Waals surface area contributed by atoms with Crippen molar-refractivity contribution in [1.82, 2.24) is 20.2 Å². The number of fused-ring (bicyclic) bond motifs is 3. The highest BCUT2D eigenvalue weighted by atomic mass is 32.1. The van der Waals surface area contributed by atoms with E-state index in [0.717, 1.165) is 15.9 Å². The van der Waals surface area contributed by atoms with Crippen molar-refractivity contribution in [3.8, 4) is 0 Å². The quantitative estimate of drug-likeness (QED) is 0.653. The number of rotatable bonds is 6. The minimum absolute atomic E-state index is 0.159. The second kappa shape index (κ2) is 8.24. The molecule has 0 saturated carbocycles. The Labute approximate surface area is 173 Å². The van der Waals surface area contributed by atoms with E-state index in [1.165, 1.54) is 0 Å². The van der Waals surface area contributed by atoms with E-state index >= 15 is 0 Å². The minimum atomic E-state index is -0.583. The molecule has 7 nitrogen and oxygen atoms in total. The molecule has 1 aromatic carbocycles. The molecule has 29 heavy (non-hydrogen) atoms. The fourth-order valence-corrected chi connectivity index (χ4v) is 4.27. The van der Waals surface area contributed by atoms with Crippen LogP contribution in [0.3, 0.4) is 0 Å². The van der Waals surface area contributed by atoms with Gasteiger partial charge in [-0.3, -0.25) is 9.69 Å². The Hall–Kier alpha value is -2.87. The zero-order chi connectivity index (χ0) is 20.4. The topological polar surface area (TPSA) is 79.3 Å². The van der Waals surface area contributed by atoms with E-state index in [4.69, 9.17) is 0 Å². The first-order valence-corrected chi connectivity index (χ1v) is 10.7. The molecule has 2 aromatic heterocycles. The number of nitrogens with one attached hydrogen (secondary N) is 2. The van der Waals surface area contributed by atoms with Gasteiger partial charge in [-0.25, -0.2) is 9.78 Å². The van der Waals surface area contributed by atoms with Crippen LogP contribution in [0.4, 0.5) is 10.7 Å². The minimum Gasteiger partial charge on any atom is -0.349 e. The second-order valence-electron chi connectivity index (χ2n) is 7.63. The number of nitrogens with zero attached hydrogens (tertiary/aromatic N) is 3. The normalized spacial score (nSPS) is 14.2. The molecule has 3 amide bonds. The number of anilines is 1. The smallest absolute Gasteiger partial charge is 0.324 e. The van der Waals surface area contributed by atoms with Gasteiger partial charge in [-0.15, -0.1) is 11.3 Å². The van der Waals surface area contributed by atoms with Crippen LogP contribution in [0.2, 0.25) is 0 Å². The number of carbonyl (C=O) groups is 2. The van der Waals surface area contributed by atoms with E-state index in [9.17, 15) is 9.59 Å². The summed E-state index contributed by atoms with van der Waals surface area (Å²) in [6, 6.07) is 10.9. The molecular formula is C21H25N5O2S. The summed E-state index contributed by atoms with van der Waals surface area (Å²) in [5, 5.41) is 7.86. The first-order valence-electron chi connectivity index (χ1n) is 9.86. The van der Waals surface area contributed by atoms with Crippen LogP contribution in [0, 0.1) is 5.92 Å². The third kappa shape index (κ3) is 4.12. The lowest BCUT2D eigenvalue weighted by Gasteiger charge is -2.23. The first-order chi connectivity index (χ1) is 14.0. The molecule has 1 aliphatic heterocycles. The molecule has 8 heteroatoms. The van der Waals surface area contributed by atoms with Gasteiger partial charge in [-0.2, -0.15) is 0 Å². The fraction of sp³-hybridized carbons (Fsp3) is 0.381. The lowest BCUT2D eigenvalue weighted by molar-refractivity contribution is -0.123. The Balaban J connectivity index is 1.46. The second-order valence-corrected chi connectivity index (χ2v) is 8.66. The Morgan fingerprint density at radius 3 is 2.76 bits per heavy atom. The summed E-state index contributed by atoms with van der Waals surface area (Å²) in [6.45, 7) is 5.80. The van der Waals surface area contributed by atoms with Gasteiger partial charge in [-0.05, 0) is 35.9 Å². The average molecular weight is 412 g/mol. The number of amides is 3. The third-order valence-corrected chi connectivity index (χ3v) is 5.88. The van der Waals surface area contributed by atoms with E-state index in [0.29, 0.717) is 32.0 Å². The van der Waals surface area contributed by atoms with Gasteiger partial charge in [0.05, 0.1) is 17.6 Å². The summed E-state index contributed by atoms with van der Waals surface area (Å²) < 4.78 is 2.04. The number of urea groups is 1. The van der Waals surface area contributed by atoms with Crippen LogP contribution in [-0.4, -0.2) is 34.1 Å². The molecule has 152 valence electrons. The van der Waals surface area contributed by atoms with Crippen LogP contribution in [0.15, 0.2) is 41.8 Å². The van der Waals surface area contributed by atoms with Gasteiger partial charge in [0.1, 0.15) is 6.04 Å². The van der Waals surface area contributed by atoms with Crippen molar-refractivity contribution in [2.75, 3.05) is 11.4 Å². The number of hydrogen-bond donors (Lipinski definition) is 2. The zero-order valence-electron chi connectivity index (χ0n) is 16.6. The van der Waals surface area contributed by atoms with E-state index in [1.54, 1.807) is 16.2 Å². The lowest BCUT2D eigenvalue weighted by atomic mass is 10.0. The van der Waals surface area contributed by atoms with Gasteiger partial charge in [0, 0.05) is 18.0 Å². The van der Waals surface area contributed by atoms with Gasteiger partial charge in [0.25, 0.3) is 0 Å².